The summed E-state index contributed by atoms with van der Waals surface area (Å²) in [5.41, 5.74) is 0. The zero-order valence-corrected chi connectivity index (χ0v) is 11.5. The topological polar surface area (TPSA) is 40.1 Å². The number of carboxylic acid groups (broad SMARTS) is 1. The Labute approximate surface area is 117 Å². The predicted molar refractivity (Wildman–Crippen MR) is 16.0 cm³/mol. The molecule has 0 fully saturated rings. The van der Waals surface area contributed by atoms with Gasteiger partial charge < -0.3 is 9.90 Å². The maximum atomic E-state index is 11.3. The van der Waals surface area contributed by atoms with Gasteiger partial charge in [0.1, 0.15) is 5.97 Å². The first-order chi connectivity index (χ1) is 4.19. The average molecular weight is 297 g/mol. The minimum absolute atomic E-state index is 0. The molecule has 0 rings (SSSR count). The normalized spacial score (nSPS) is 12.1. The summed E-state index contributed by atoms with van der Waals surface area (Å²) in [7, 11) is 0. The second-order valence-electron chi connectivity index (χ2n) is 1.36. The molecule has 0 aromatic rings. The average Bonchev–Trinajstić information content (AvgIpc) is 1.62. The first-order valence-corrected chi connectivity index (χ1v) is 1.85. The van der Waals surface area contributed by atoms with E-state index in [1.165, 1.54) is 0 Å². The molecular formula is C3CsF5O2. The number of hydrogen-bond acceptors (Lipinski definition) is 2. The standard InChI is InChI=1S/C3HF5O2.Cs/c4-2(5,1(9)10)3(6,7)8;/h(H,9,10);/q;+1/p-1/i1+1;. The Kier molecular flexibility index (Phi) is 5.90. The first kappa shape index (κ1) is 14.7. The quantitative estimate of drug-likeness (QED) is 0.381. The summed E-state index contributed by atoms with van der Waals surface area (Å²) < 4.78 is 55.3. The van der Waals surface area contributed by atoms with Gasteiger partial charge in [0.25, 0.3) is 0 Å². The molecule has 11 heavy (non-hydrogen) atoms. The first-order valence-electron chi connectivity index (χ1n) is 1.85. The molecule has 0 amide bonds. The number of carboxylic acids is 1. The van der Waals surface area contributed by atoms with Crippen LogP contribution in [-0.4, -0.2) is 18.1 Å². The summed E-state index contributed by atoms with van der Waals surface area (Å²) >= 11 is 0. The van der Waals surface area contributed by atoms with Crippen LogP contribution in [0.5, 0.6) is 0 Å². The number of rotatable bonds is 1. The van der Waals surface area contributed by atoms with Crippen LogP contribution in [0.15, 0.2) is 0 Å². The van der Waals surface area contributed by atoms with Crippen molar-refractivity contribution < 1.29 is 101 Å². The van der Waals surface area contributed by atoms with Gasteiger partial charge in [0, 0.05) is 0 Å². The van der Waals surface area contributed by atoms with E-state index in [0.717, 1.165) is 0 Å². The molecule has 0 radical (unpaired) electrons. The van der Waals surface area contributed by atoms with Crippen LogP contribution in [0.3, 0.4) is 0 Å². The number of aliphatic carboxylic acids is 1. The van der Waals surface area contributed by atoms with Crippen molar-refractivity contribution in [3.8, 4) is 0 Å². The van der Waals surface area contributed by atoms with E-state index in [0.29, 0.717) is 0 Å². The Morgan fingerprint density at radius 3 is 1.36 bits per heavy atom. The predicted octanol–water partition coefficient (Wildman–Crippen LogP) is -3.06. The molecule has 2 nitrogen and oxygen atoms in total. The number of hydrogen-bond donors (Lipinski definition) is 0. The van der Waals surface area contributed by atoms with Crippen LogP contribution in [0.2, 0.25) is 0 Å². The second-order valence-corrected chi connectivity index (χ2v) is 1.36. The van der Waals surface area contributed by atoms with Crippen LogP contribution in [0, 0.1) is 0 Å². The summed E-state index contributed by atoms with van der Waals surface area (Å²) in [5, 5.41) is 9.09. The van der Waals surface area contributed by atoms with Gasteiger partial charge in [0.2, 0.25) is 0 Å². The maximum Gasteiger partial charge on any atom is 1.00 e. The molecule has 0 aliphatic heterocycles. The Morgan fingerprint density at radius 2 is 1.36 bits per heavy atom. The van der Waals surface area contributed by atoms with Gasteiger partial charge in [0.15, 0.2) is 0 Å². The molecule has 0 atom stereocenters. The molecule has 0 aromatic carbocycles. The van der Waals surface area contributed by atoms with Crippen molar-refractivity contribution in [2.45, 2.75) is 12.1 Å². The fourth-order valence-corrected chi connectivity index (χ4v) is 0.116. The molecule has 0 saturated heterocycles. The van der Waals surface area contributed by atoms with Gasteiger partial charge in [-0.1, -0.05) is 0 Å². The third kappa shape index (κ3) is 3.59. The Morgan fingerprint density at radius 1 is 1.09 bits per heavy atom. The zero-order valence-electron chi connectivity index (χ0n) is 5.21. The minimum atomic E-state index is -6.08. The van der Waals surface area contributed by atoms with Crippen LogP contribution in [-0.2, 0) is 4.79 Å². The molecule has 0 saturated carbocycles. The second kappa shape index (κ2) is 4.42. The van der Waals surface area contributed by atoms with Crippen molar-refractivity contribution in [1.29, 1.82) is 0 Å². The van der Waals surface area contributed by atoms with E-state index in [4.69, 9.17) is 9.90 Å². The SMILES string of the molecule is O=[13C]([O-])C(F)(F)C(F)(F)F.[Cs+]. The maximum absolute atomic E-state index is 11.3. The Hall–Kier alpha value is 1.17. The molecule has 0 spiro atoms. The van der Waals surface area contributed by atoms with Crippen molar-refractivity contribution in [1.82, 2.24) is 0 Å². The summed E-state index contributed by atoms with van der Waals surface area (Å²) in [5.74, 6) is -9.20. The van der Waals surface area contributed by atoms with Crippen molar-refractivity contribution in [2.75, 3.05) is 0 Å². The molecule has 8 heteroatoms. The number of carbonyl (C=O) groups excluding carboxylic acids is 1. The third-order valence-electron chi connectivity index (χ3n) is 0.612. The van der Waals surface area contributed by atoms with Crippen LogP contribution in [0.4, 0.5) is 22.0 Å². The van der Waals surface area contributed by atoms with E-state index in [-0.39, 0.29) is 68.9 Å². The van der Waals surface area contributed by atoms with Gasteiger partial charge >= 0.3 is 81.0 Å². The summed E-state index contributed by atoms with van der Waals surface area (Å²) in [6.07, 6.45) is -6.08. The van der Waals surface area contributed by atoms with Crippen LogP contribution in [0.25, 0.3) is 0 Å². The molecule has 60 valence electrons. The van der Waals surface area contributed by atoms with E-state index in [2.05, 4.69) is 0 Å². The molecule has 0 unspecified atom stereocenters. The largest absolute Gasteiger partial charge is 1.00 e. The fraction of sp³-hybridized carbons (Fsp3) is 0.667. The van der Waals surface area contributed by atoms with E-state index in [1.54, 1.807) is 0 Å². The third-order valence-corrected chi connectivity index (χ3v) is 0.612. The molecule has 0 bridgehead atoms. The zero-order chi connectivity index (χ0) is 8.58. The summed E-state index contributed by atoms with van der Waals surface area (Å²) in [6, 6.07) is 0. The fourth-order valence-electron chi connectivity index (χ4n) is 0.116. The smallest absolute Gasteiger partial charge is 0.544 e. The molecule has 0 N–H and O–H groups in total. The summed E-state index contributed by atoms with van der Waals surface area (Å²) in [6.45, 7) is 0. The van der Waals surface area contributed by atoms with Gasteiger partial charge in [-0.05, 0) is 0 Å². The Bertz CT molecular complexity index is 152. The van der Waals surface area contributed by atoms with Gasteiger partial charge in [0.05, 0.1) is 0 Å². The van der Waals surface area contributed by atoms with Crippen LogP contribution < -0.4 is 74.0 Å². The molecule has 0 aliphatic carbocycles. The van der Waals surface area contributed by atoms with Crippen molar-refractivity contribution in [2.24, 2.45) is 0 Å². The van der Waals surface area contributed by atoms with Crippen LogP contribution >= 0.6 is 0 Å². The van der Waals surface area contributed by atoms with E-state index in [9.17, 15) is 22.0 Å². The van der Waals surface area contributed by atoms with E-state index in [1.807, 2.05) is 0 Å². The number of alkyl halides is 5. The van der Waals surface area contributed by atoms with E-state index >= 15 is 0 Å². The van der Waals surface area contributed by atoms with E-state index < -0.39 is 18.1 Å². The van der Waals surface area contributed by atoms with Gasteiger partial charge in [-0.3, -0.25) is 0 Å². The van der Waals surface area contributed by atoms with Gasteiger partial charge in [-0.15, -0.1) is 0 Å². The van der Waals surface area contributed by atoms with Crippen molar-refractivity contribution >= 4 is 5.97 Å². The van der Waals surface area contributed by atoms with Gasteiger partial charge in [-0.25, -0.2) is 0 Å². The monoisotopic (exact) mass is 297 g/mol. The van der Waals surface area contributed by atoms with Gasteiger partial charge in [-0.2, -0.15) is 22.0 Å². The minimum Gasteiger partial charge on any atom is -0.544 e. The van der Waals surface area contributed by atoms with Crippen molar-refractivity contribution in [3.05, 3.63) is 0 Å². The molecular weight excluding hydrogens is 297 g/mol. The number of halogens is 5. The number of carbonyl (C=O) groups is 1. The van der Waals surface area contributed by atoms with Crippen LogP contribution in [0.1, 0.15) is 0 Å². The summed E-state index contributed by atoms with van der Waals surface area (Å²) in [4.78, 5) is 9.09. The Balaban J connectivity index is 0. The van der Waals surface area contributed by atoms with Crippen molar-refractivity contribution in [3.63, 3.8) is 0 Å². The molecule has 0 aliphatic rings. The molecule has 0 aromatic heterocycles. The molecule has 0 heterocycles.